The maximum Gasteiger partial charge on any atom is 0.166 e. The van der Waals surface area contributed by atoms with Crippen LogP contribution >= 0.6 is 15.9 Å². The van der Waals surface area contributed by atoms with Gasteiger partial charge in [-0.3, -0.25) is 0 Å². The molecule has 2 rings (SSSR count). The molecule has 0 atom stereocenters. The molecular formula is C14H12BrF2NO. The van der Waals surface area contributed by atoms with Crippen LogP contribution in [-0.4, -0.2) is 13.2 Å². The van der Waals surface area contributed by atoms with Crippen molar-refractivity contribution in [2.45, 2.75) is 0 Å². The predicted octanol–water partition coefficient (Wildman–Crippen LogP) is 4.22. The average Bonchev–Trinajstić information content (AvgIpc) is 2.38. The summed E-state index contributed by atoms with van der Waals surface area (Å²) in [5.41, 5.74) is 0.405. The monoisotopic (exact) mass is 327 g/mol. The SMILES string of the molecule is Fc1ccccc1NCCOc1ccc(Br)cc1F. The van der Waals surface area contributed by atoms with E-state index in [1.165, 1.54) is 12.1 Å². The fraction of sp³-hybridized carbons (Fsp3) is 0.143. The molecule has 0 unspecified atom stereocenters. The fourth-order valence-electron chi connectivity index (χ4n) is 1.54. The Morgan fingerprint density at radius 3 is 2.58 bits per heavy atom. The molecule has 0 aromatic heterocycles. The lowest BCUT2D eigenvalue weighted by Crippen LogP contribution is -2.12. The summed E-state index contributed by atoms with van der Waals surface area (Å²) < 4.78 is 32.6. The summed E-state index contributed by atoms with van der Waals surface area (Å²) in [7, 11) is 0. The van der Waals surface area contributed by atoms with Gasteiger partial charge in [-0.2, -0.15) is 0 Å². The summed E-state index contributed by atoms with van der Waals surface area (Å²) in [4.78, 5) is 0. The molecule has 0 heterocycles. The molecule has 0 aliphatic heterocycles. The lowest BCUT2D eigenvalue weighted by Gasteiger charge is -2.09. The average molecular weight is 328 g/mol. The van der Waals surface area contributed by atoms with Crippen LogP contribution in [-0.2, 0) is 0 Å². The number of halogens is 3. The Bertz CT molecular complexity index is 563. The number of ether oxygens (including phenoxy) is 1. The standard InChI is InChI=1S/C14H12BrF2NO/c15-10-5-6-14(12(17)9-10)19-8-7-18-13-4-2-1-3-11(13)16/h1-6,9,18H,7-8H2. The summed E-state index contributed by atoms with van der Waals surface area (Å²) in [6, 6.07) is 10.9. The van der Waals surface area contributed by atoms with Crippen LogP contribution in [0.3, 0.4) is 0 Å². The summed E-state index contributed by atoms with van der Waals surface area (Å²) in [5.74, 6) is -0.573. The Morgan fingerprint density at radius 1 is 1.05 bits per heavy atom. The third-order valence-electron chi connectivity index (χ3n) is 2.44. The second-order valence-electron chi connectivity index (χ2n) is 3.83. The first-order valence-electron chi connectivity index (χ1n) is 5.73. The Morgan fingerprint density at radius 2 is 1.84 bits per heavy atom. The molecule has 0 spiro atoms. The highest BCUT2D eigenvalue weighted by Crippen LogP contribution is 2.21. The number of rotatable bonds is 5. The van der Waals surface area contributed by atoms with Crippen LogP contribution in [0.4, 0.5) is 14.5 Å². The van der Waals surface area contributed by atoms with Crippen molar-refractivity contribution in [1.29, 1.82) is 0 Å². The molecule has 19 heavy (non-hydrogen) atoms. The van der Waals surface area contributed by atoms with Crippen LogP contribution in [0.15, 0.2) is 46.9 Å². The van der Waals surface area contributed by atoms with Crippen LogP contribution < -0.4 is 10.1 Å². The molecule has 0 aliphatic carbocycles. The van der Waals surface area contributed by atoms with Crippen LogP contribution in [0, 0.1) is 11.6 Å². The van der Waals surface area contributed by atoms with Gasteiger partial charge in [0.1, 0.15) is 12.4 Å². The first kappa shape index (κ1) is 13.8. The molecule has 2 aromatic rings. The van der Waals surface area contributed by atoms with E-state index in [1.54, 1.807) is 30.3 Å². The molecular weight excluding hydrogens is 316 g/mol. The second kappa shape index (κ2) is 6.52. The predicted molar refractivity (Wildman–Crippen MR) is 74.5 cm³/mol. The van der Waals surface area contributed by atoms with E-state index in [1.807, 2.05) is 0 Å². The Balaban J connectivity index is 1.83. The van der Waals surface area contributed by atoms with Crippen molar-refractivity contribution in [3.05, 3.63) is 58.6 Å². The first-order chi connectivity index (χ1) is 9.16. The van der Waals surface area contributed by atoms with Crippen molar-refractivity contribution in [3.63, 3.8) is 0 Å². The summed E-state index contributed by atoms with van der Waals surface area (Å²) in [5, 5.41) is 2.88. The molecule has 0 saturated carbocycles. The first-order valence-corrected chi connectivity index (χ1v) is 6.52. The van der Waals surface area contributed by atoms with Crippen molar-refractivity contribution < 1.29 is 13.5 Å². The number of para-hydroxylation sites is 1. The largest absolute Gasteiger partial charge is 0.489 e. The molecule has 0 radical (unpaired) electrons. The zero-order chi connectivity index (χ0) is 13.7. The van der Waals surface area contributed by atoms with Crippen molar-refractivity contribution in [2.75, 3.05) is 18.5 Å². The van der Waals surface area contributed by atoms with Gasteiger partial charge in [-0.25, -0.2) is 8.78 Å². The van der Waals surface area contributed by atoms with Gasteiger partial charge in [0.25, 0.3) is 0 Å². The molecule has 100 valence electrons. The summed E-state index contributed by atoms with van der Waals surface area (Å²) >= 11 is 3.17. The number of nitrogens with one attached hydrogen (secondary N) is 1. The third kappa shape index (κ3) is 3.92. The van der Waals surface area contributed by atoms with Gasteiger partial charge >= 0.3 is 0 Å². The van der Waals surface area contributed by atoms with E-state index >= 15 is 0 Å². The molecule has 2 nitrogen and oxygen atoms in total. The summed E-state index contributed by atoms with van der Waals surface area (Å²) in [6.45, 7) is 0.628. The molecule has 0 aliphatic rings. The highest BCUT2D eigenvalue weighted by atomic mass is 79.9. The number of hydrogen-bond donors (Lipinski definition) is 1. The molecule has 0 fully saturated rings. The minimum absolute atomic E-state index is 0.179. The normalized spacial score (nSPS) is 10.3. The molecule has 5 heteroatoms. The van der Waals surface area contributed by atoms with E-state index in [2.05, 4.69) is 21.2 Å². The lowest BCUT2D eigenvalue weighted by atomic mass is 10.3. The quantitative estimate of drug-likeness (QED) is 0.830. The Kier molecular flexibility index (Phi) is 4.74. The van der Waals surface area contributed by atoms with Crippen molar-refractivity contribution in [3.8, 4) is 5.75 Å². The molecule has 2 aromatic carbocycles. The van der Waals surface area contributed by atoms with Gasteiger partial charge in [0.15, 0.2) is 11.6 Å². The zero-order valence-electron chi connectivity index (χ0n) is 10.00. The van der Waals surface area contributed by atoms with Gasteiger partial charge in [-0.15, -0.1) is 0 Å². The van der Waals surface area contributed by atoms with Crippen LogP contribution in [0.2, 0.25) is 0 Å². The minimum atomic E-state index is -0.430. The minimum Gasteiger partial charge on any atom is -0.489 e. The number of hydrogen-bond acceptors (Lipinski definition) is 2. The Hall–Kier alpha value is -1.62. The summed E-state index contributed by atoms with van der Waals surface area (Å²) in [6.07, 6.45) is 0. The van der Waals surface area contributed by atoms with Gasteiger partial charge < -0.3 is 10.1 Å². The maximum atomic E-state index is 13.4. The van der Waals surface area contributed by atoms with Gasteiger partial charge in [0.2, 0.25) is 0 Å². The van der Waals surface area contributed by atoms with Gasteiger partial charge in [-0.05, 0) is 30.3 Å². The van der Waals surface area contributed by atoms with Gasteiger partial charge in [0, 0.05) is 11.0 Å². The van der Waals surface area contributed by atoms with E-state index in [0.717, 1.165) is 0 Å². The smallest absolute Gasteiger partial charge is 0.166 e. The van der Waals surface area contributed by atoms with Crippen LogP contribution in [0.5, 0.6) is 5.75 Å². The van der Waals surface area contributed by atoms with Crippen molar-refractivity contribution in [1.82, 2.24) is 0 Å². The fourth-order valence-corrected chi connectivity index (χ4v) is 1.88. The molecule has 0 bridgehead atoms. The van der Waals surface area contributed by atoms with E-state index < -0.39 is 5.82 Å². The zero-order valence-corrected chi connectivity index (χ0v) is 11.6. The molecule has 0 amide bonds. The number of benzene rings is 2. The highest BCUT2D eigenvalue weighted by Gasteiger charge is 2.04. The molecule has 0 saturated heterocycles. The number of anilines is 1. The maximum absolute atomic E-state index is 13.4. The van der Waals surface area contributed by atoms with Crippen molar-refractivity contribution >= 4 is 21.6 Å². The topological polar surface area (TPSA) is 21.3 Å². The van der Waals surface area contributed by atoms with Gasteiger partial charge in [0.05, 0.1) is 5.69 Å². The van der Waals surface area contributed by atoms with Crippen LogP contribution in [0.1, 0.15) is 0 Å². The Labute approximate surface area is 118 Å². The third-order valence-corrected chi connectivity index (χ3v) is 2.94. The highest BCUT2D eigenvalue weighted by molar-refractivity contribution is 9.10. The second-order valence-corrected chi connectivity index (χ2v) is 4.75. The van der Waals surface area contributed by atoms with Gasteiger partial charge in [-0.1, -0.05) is 28.1 Å². The lowest BCUT2D eigenvalue weighted by molar-refractivity contribution is 0.315. The van der Waals surface area contributed by atoms with E-state index in [4.69, 9.17) is 4.74 Å². The van der Waals surface area contributed by atoms with Crippen molar-refractivity contribution in [2.24, 2.45) is 0 Å². The van der Waals surface area contributed by atoms with E-state index in [-0.39, 0.29) is 18.2 Å². The van der Waals surface area contributed by atoms with Crippen LogP contribution in [0.25, 0.3) is 0 Å². The molecule has 1 N–H and O–H groups in total. The van der Waals surface area contributed by atoms with E-state index in [9.17, 15) is 8.78 Å². The van der Waals surface area contributed by atoms with E-state index in [0.29, 0.717) is 16.7 Å².